The van der Waals surface area contributed by atoms with E-state index in [1.165, 1.54) is 51.1 Å². The summed E-state index contributed by atoms with van der Waals surface area (Å²) in [6.07, 6.45) is 7.67. The standard InChI is InChI=1S/C33H41N9O/c1-40-18-20-42(21-19-40)25-13-16-41(17-14-25)24-10-8-23(9-11-24)37-33-30(31(34)43)38-29(32(39-33)36-22-4-2-5-22)27-6-3-7-28-26(27)12-15-35-28/h3,6-12,15,22,25,35H,2,4-5,13-14,16-21H2,1H3,(H2,34,43)(H2,36,37,39). The molecule has 2 aromatic heterocycles. The van der Waals surface area contributed by atoms with E-state index in [1.807, 2.05) is 42.6 Å². The summed E-state index contributed by atoms with van der Waals surface area (Å²) in [6.45, 7) is 6.82. The zero-order valence-corrected chi connectivity index (χ0v) is 24.9. The summed E-state index contributed by atoms with van der Waals surface area (Å²) in [5, 5.41) is 7.96. The van der Waals surface area contributed by atoms with E-state index in [4.69, 9.17) is 15.7 Å². The Morgan fingerprint density at radius 2 is 1.67 bits per heavy atom. The van der Waals surface area contributed by atoms with Gasteiger partial charge in [-0.3, -0.25) is 9.69 Å². The summed E-state index contributed by atoms with van der Waals surface area (Å²) < 4.78 is 0. The molecule has 3 fully saturated rings. The first kappa shape index (κ1) is 27.7. The summed E-state index contributed by atoms with van der Waals surface area (Å²) in [5.74, 6) is 0.401. The van der Waals surface area contributed by atoms with Crippen molar-refractivity contribution in [2.24, 2.45) is 5.73 Å². The quantitative estimate of drug-likeness (QED) is 0.238. The van der Waals surface area contributed by atoms with Crippen molar-refractivity contribution in [2.75, 3.05) is 61.8 Å². The van der Waals surface area contributed by atoms with Crippen molar-refractivity contribution < 1.29 is 4.79 Å². The number of carbonyl (C=O) groups excluding carboxylic acids is 1. The number of carbonyl (C=O) groups is 1. The second kappa shape index (κ2) is 11.9. The fraction of sp³-hybridized carbons (Fsp3) is 0.424. The third-order valence-corrected chi connectivity index (χ3v) is 9.44. The van der Waals surface area contributed by atoms with Crippen LogP contribution >= 0.6 is 0 Å². The number of primary amides is 1. The van der Waals surface area contributed by atoms with Crippen LogP contribution in [0.25, 0.3) is 22.2 Å². The van der Waals surface area contributed by atoms with E-state index in [0.29, 0.717) is 29.4 Å². The topological polar surface area (TPSA) is 118 Å². The molecule has 1 amide bonds. The SMILES string of the molecule is CN1CCN(C2CCN(c3ccc(Nc4nc(NC5CCC5)c(-c5cccc6[nH]ccc56)nc4C(N)=O)cc3)CC2)CC1. The lowest BCUT2D eigenvalue weighted by atomic mass is 9.93. The van der Waals surface area contributed by atoms with Gasteiger partial charge in [-0.05, 0) is 75.5 Å². The van der Waals surface area contributed by atoms with E-state index < -0.39 is 5.91 Å². The summed E-state index contributed by atoms with van der Waals surface area (Å²) >= 11 is 0. The molecule has 3 aliphatic rings. The molecule has 0 unspecified atom stereocenters. The van der Waals surface area contributed by atoms with Gasteiger partial charge in [-0.2, -0.15) is 0 Å². The molecule has 2 aromatic carbocycles. The first-order valence-electron chi connectivity index (χ1n) is 15.6. The second-order valence-corrected chi connectivity index (χ2v) is 12.2. The summed E-state index contributed by atoms with van der Waals surface area (Å²) in [5.41, 5.74) is 10.6. The molecule has 43 heavy (non-hydrogen) atoms. The van der Waals surface area contributed by atoms with Gasteiger partial charge in [0.2, 0.25) is 0 Å². The summed E-state index contributed by atoms with van der Waals surface area (Å²) in [4.78, 5) is 33.3. The molecular weight excluding hydrogens is 538 g/mol. The van der Waals surface area contributed by atoms with Crippen molar-refractivity contribution >= 4 is 39.8 Å². The summed E-state index contributed by atoms with van der Waals surface area (Å²) in [7, 11) is 2.21. The van der Waals surface area contributed by atoms with Crippen LogP contribution in [0.15, 0.2) is 54.7 Å². The molecule has 4 heterocycles. The van der Waals surface area contributed by atoms with Crippen molar-refractivity contribution in [1.82, 2.24) is 24.8 Å². The number of likely N-dealkylation sites (N-methyl/N-ethyl adjacent to an activating group) is 1. The van der Waals surface area contributed by atoms with Crippen LogP contribution in [-0.2, 0) is 0 Å². The van der Waals surface area contributed by atoms with E-state index in [0.717, 1.165) is 48.1 Å². The lowest BCUT2D eigenvalue weighted by Crippen LogP contribution is -2.52. The van der Waals surface area contributed by atoms with Crippen molar-refractivity contribution in [2.45, 2.75) is 44.2 Å². The maximum absolute atomic E-state index is 12.7. The van der Waals surface area contributed by atoms with E-state index in [9.17, 15) is 4.79 Å². The zero-order valence-electron chi connectivity index (χ0n) is 24.9. The molecule has 0 spiro atoms. The molecular formula is C33H41N9O. The minimum atomic E-state index is -0.618. The molecule has 224 valence electrons. The van der Waals surface area contributed by atoms with E-state index in [1.54, 1.807) is 0 Å². The number of H-pyrrole nitrogens is 1. The smallest absolute Gasteiger partial charge is 0.271 e. The monoisotopic (exact) mass is 579 g/mol. The highest BCUT2D eigenvalue weighted by Gasteiger charge is 2.27. The number of amides is 1. The number of hydrogen-bond acceptors (Lipinski definition) is 8. The van der Waals surface area contributed by atoms with Crippen molar-refractivity contribution in [3.63, 3.8) is 0 Å². The van der Waals surface area contributed by atoms with Crippen molar-refractivity contribution in [3.05, 3.63) is 60.4 Å². The number of piperidine rings is 1. The largest absolute Gasteiger partial charge is 0.371 e. The molecule has 4 aromatic rings. The Balaban J connectivity index is 1.11. The maximum Gasteiger partial charge on any atom is 0.271 e. The number of piperazine rings is 1. The number of aromatic amines is 1. The highest BCUT2D eigenvalue weighted by molar-refractivity contribution is 6.00. The normalized spacial score (nSPS) is 19.0. The number of nitrogens with two attached hydrogens (primary N) is 1. The van der Waals surface area contributed by atoms with Gasteiger partial charge < -0.3 is 31.2 Å². The molecule has 7 rings (SSSR count). The van der Waals surface area contributed by atoms with Crippen LogP contribution in [0.3, 0.4) is 0 Å². The number of hydrogen-bond donors (Lipinski definition) is 4. The van der Waals surface area contributed by atoms with Crippen LogP contribution in [0.4, 0.5) is 23.0 Å². The Hall–Kier alpha value is -4.15. The molecule has 1 aliphatic carbocycles. The zero-order chi connectivity index (χ0) is 29.3. The van der Waals surface area contributed by atoms with Gasteiger partial charge >= 0.3 is 0 Å². The lowest BCUT2D eigenvalue weighted by Gasteiger charge is -2.42. The van der Waals surface area contributed by atoms with Gasteiger partial charge in [0.1, 0.15) is 5.69 Å². The van der Waals surface area contributed by atoms with Gasteiger partial charge in [-0.1, -0.05) is 12.1 Å². The first-order chi connectivity index (χ1) is 21.0. The predicted octanol–water partition coefficient (Wildman–Crippen LogP) is 4.65. The number of fused-ring (bicyclic) bond motifs is 1. The fourth-order valence-electron chi connectivity index (χ4n) is 6.59. The van der Waals surface area contributed by atoms with Gasteiger partial charge in [0.05, 0.1) is 0 Å². The third-order valence-electron chi connectivity index (χ3n) is 9.44. The minimum Gasteiger partial charge on any atom is -0.371 e. The van der Waals surface area contributed by atoms with Gasteiger partial charge in [0.15, 0.2) is 17.3 Å². The number of rotatable bonds is 8. The van der Waals surface area contributed by atoms with Crippen LogP contribution in [0, 0.1) is 0 Å². The number of benzene rings is 2. The van der Waals surface area contributed by atoms with Crippen molar-refractivity contribution in [3.8, 4) is 11.3 Å². The predicted molar refractivity (Wildman–Crippen MR) is 173 cm³/mol. The Labute approximate surface area is 252 Å². The molecule has 10 nitrogen and oxygen atoms in total. The molecule has 2 saturated heterocycles. The van der Waals surface area contributed by atoms with Crippen LogP contribution in [-0.4, -0.2) is 89.1 Å². The first-order valence-corrected chi connectivity index (χ1v) is 15.6. The van der Waals surface area contributed by atoms with E-state index in [2.05, 4.69) is 49.5 Å². The lowest BCUT2D eigenvalue weighted by molar-refractivity contribution is 0.0982. The minimum absolute atomic E-state index is 0.122. The highest BCUT2D eigenvalue weighted by Crippen LogP contribution is 2.36. The van der Waals surface area contributed by atoms with Crippen LogP contribution in [0.1, 0.15) is 42.6 Å². The molecule has 1 saturated carbocycles. The van der Waals surface area contributed by atoms with Gasteiger partial charge in [-0.15, -0.1) is 0 Å². The Bertz CT molecular complexity index is 1580. The number of nitrogens with one attached hydrogen (secondary N) is 3. The molecule has 0 radical (unpaired) electrons. The van der Waals surface area contributed by atoms with Gasteiger partial charge in [-0.25, -0.2) is 9.97 Å². The van der Waals surface area contributed by atoms with Gasteiger partial charge in [0, 0.05) is 85.4 Å². The number of nitrogens with zero attached hydrogens (tertiary/aromatic N) is 5. The molecule has 5 N–H and O–H groups in total. The second-order valence-electron chi connectivity index (χ2n) is 12.2. The molecule has 0 bridgehead atoms. The average Bonchev–Trinajstić information content (AvgIpc) is 3.49. The number of anilines is 4. The fourth-order valence-corrected chi connectivity index (χ4v) is 6.59. The van der Waals surface area contributed by atoms with Crippen LogP contribution in [0.2, 0.25) is 0 Å². The average molecular weight is 580 g/mol. The van der Waals surface area contributed by atoms with Crippen LogP contribution in [0.5, 0.6) is 0 Å². The Kier molecular flexibility index (Phi) is 7.63. The van der Waals surface area contributed by atoms with Crippen molar-refractivity contribution in [1.29, 1.82) is 0 Å². The summed E-state index contributed by atoms with van der Waals surface area (Å²) in [6, 6.07) is 17.4. The molecule has 10 heteroatoms. The van der Waals surface area contributed by atoms with Crippen LogP contribution < -0.4 is 21.3 Å². The Morgan fingerprint density at radius 1 is 0.907 bits per heavy atom. The highest BCUT2D eigenvalue weighted by atomic mass is 16.1. The van der Waals surface area contributed by atoms with E-state index in [-0.39, 0.29) is 5.69 Å². The van der Waals surface area contributed by atoms with Gasteiger partial charge in [0.25, 0.3) is 5.91 Å². The Morgan fingerprint density at radius 3 is 2.37 bits per heavy atom. The third kappa shape index (κ3) is 5.77. The maximum atomic E-state index is 12.7. The molecule has 2 aliphatic heterocycles. The number of aromatic nitrogens is 3. The molecule has 0 atom stereocenters. The van der Waals surface area contributed by atoms with E-state index >= 15 is 0 Å².